The van der Waals surface area contributed by atoms with E-state index >= 15 is 0 Å². The normalized spacial score (nSPS) is 19.4. The number of ether oxygens (including phenoxy) is 4. The number of hydrogen-bond donors (Lipinski definition) is 4. The monoisotopic (exact) mass is 985 g/mol. The van der Waals surface area contributed by atoms with Crippen LogP contribution in [0.1, 0.15) is 245 Å². The van der Waals surface area contributed by atoms with E-state index in [1.165, 1.54) is 154 Å². The van der Waals surface area contributed by atoms with E-state index in [9.17, 15) is 25.2 Å². The van der Waals surface area contributed by atoms with E-state index in [2.05, 4.69) is 86.8 Å². The Labute approximate surface area is 429 Å². The highest BCUT2D eigenvalue weighted by molar-refractivity contribution is 5.69. The van der Waals surface area contributed by atoms with Crippen LogP contribution in [0.5, 0.6) is 0 Å². The minimum Gasteiger partial charge on any atom is -0.457 e. The summed E-state index contributed by atoms with van der Waals surface area (Å²) >= 11 is 0. The van der Waals surface area contributed by atoms with Gasteiger partial charge in [-0.05, 0) is 83.5 Å². The third kappa shape index (κ3) is 41.1. The topological polar surface area (TPSA) is 135 Å². The lowest BCUT2D eigenvalue weighted by atomic mass is 9.99. The predicted octanol–water partition coefficient (Wildman–Crippen LogP) is 15.2. The molecule has 6 atom stereocenters. The Morgan fingerprint density at radius 1 is 0.471 bits per heavy atom. The highest BCUT2D eigenvalue weighted by Gasteiger charge is 2.44. The second-order valence-corrected chi connectivity index (χ2v) is 19.7. The van der Waals surface area contributed by atoms with Crippen LogP contribution in [0.3, 0.4) is 0 Å². The van der Waals surface area contributed by atoms with E-state index in [1.54, 1.807) is 0 Å². The molecule has 0 saturated carbocycles. The van der Waals surface area contributed by atoms with E-state index in [0.29, 0.717) is 13.0 Å². The second-order valence-electron chi connectivity index (χ2n) is 19.7. The van der Waals surface area contributed by atoms with E-state index in [1.807, 2.05) is 0 Å². The number of allylic oxidation sites excluding steroid dienone is 12. The summed E-state index contributed by atoms with van der Waals surface area (Å²) in [6.45, 7) is 4.45. The molecule has 9 nitrogen and oxygen atoms in total. The number of carbonyl (C=O) groups excluding carboxylic acids is 1. The average molecular weight is 986 g/mol. The van der Waals surface area contributed by atoms with Gasteiger partial charge >= 0.3 is 5.97 Å². The number of rotatable bonds is 50. The number of hydrogen-bond acceptors (Lipinski definition) is 9. The van der Waals surface area contributed by atoms with Gasteiger partial charge in [-0.2, -0.15) is 0 Å². The van der Waals surface area contributed by atoms with Crippen LogP contribution in [0.4, 0.5) is 0 Å². The van der Waals surface area contributed by atoms with Crippen LogP contribution in [0.15, 0.2) is 72.9 Å². The van der Waals surface area contributed by atoms with Gasteiger partial charge in [-0.15, -0.1) is 0 Å². The molecule has 9 heteroatoms. The molecule has 1 fully saturated rings. The first kappa shape index (κ1) is 65.6. The van der Waals surface area contributed by atoms with Crippen LogP contribution in [-0.2, 0) is 23.7 Å². The van der Waals surface area contributed by atoms with E-state index in [4.69, 9.17) is 18.9 Å². The molecule has 0 aromatic rings. The fourth-order valence-corrected chi connectivity index (χ4v) is 8.63. The molecule has 0 aliphatic carbocycles. The molecule has 4 N–H and O–H groups in total. The molecule has 1 saturated heterocycles. The summed E-state index contributed by atoms with van der Waals surface area (Å²) in [6.07, 6.45) is 62.3. The standard InChI is InChI=1S/C61H108O9/c1-3-5-7-9-11-13-15-17-19-21-23-25-27-28-29-30-32-34-36-38-40-42-44-46-48-50-57(63)69-55(54-68-61-60(66)59(65)58(64)56(52-62)70-61)53-67-51-49-47-45-43-41-39-37-35-33-31-26-24-22-20-18-16-14-12-10-8-6-4-2/h6,8,12,14-15,17-18,20-21,23-24,26,55-56,58-62,64-66H,3-5,7,9-11,13,16,19,22,25,27-54H2,1-2H3/b8-6-,14-12-,17-15-,20-18-,23-21-,26-24-. The molecule has 6 unspecified atom stereocenters. The van der Waals surface area contributed by atoms with Crippen LogP contribution in [0, 0.1) is 0 Å². The molecule has 0 radical (unpaired) electrons. The molecular weight excluding hydrogens is 877 g/mol. The Morgan fingerprint density at radius 3 is 1.31 bits per heavy atom. The summed E-state index contributed by atoms with van der Waals surface area (Å²) in [4.78, 5) is 12.9. The molecule has 1 aliphatic rings. The zero-order chi connectivity index (χ0) is 50.6. The lowest BCUT2D eigenvalue weighted by Gasteiger charge is -2.39. The predicted molar refractivity (Wildman–Crippen MR) is 293 cm³/mol. The smallest absolute Gasteiger partial charge is 0.306 e. The fraction of sp³-hybridized carbons (Fsp3) is 0.787. The number of esters is 1. The van der Waals surface area contributed by atoms with Crippen molar-refractivity contribution in [1.82, 2.24) is 0 Å². The van der Waals surface area contributed by atoms with Crippen LogP contribution in [-0.4, -0.2) is 89.6 Å². The zero-order valence-corrected chi connectivity index (χ0v) is 45.0. The van der Waals surface area contributed by atoms with Crippen molar-refractivity contribution >= 4 is 5.97 Å². The summed E-state index contributed by atoms with van der Waals surface area (Å²) in [6, 6.07) is 0. The maximum Gasteiger partial charge on any atom is 0.306 e. The molecule has 406 valence electrons. The van der Waals surface area contributed by atoms with Crippen molar-refractivity contribution in [1.29, 1.82) is 0 Å². The first-order valence-electron chi connectivity index (χ1n) is 29.0. The van der Waals surface area contributed by atoms with Crippen LogP contribution < -0.4 is 0 Å². The number of aliphatic hydroxyl groups excluding tert-OH is 4. The third-order valence-electron chi connectivity index (χ3n) is 13.1. The Morgan fingerprint density at radius 2 is 0.871 bits per heavy atom. The van der Waals surface area contributed by atoms with Crippen molar-refractivity contribution in [3.8, 4) is 0 Å². The number of aliphatic hydroxyl groups is 4. The highest BCUT2D eigenvalue weighted by Crippen LogP contribution is 2.23. The van der Waals surface area contributed by atoms with Gasteiger partial charge in [0.05, 0.1) is 19.8 Å². The van der Waals surface area contributed by atoms with E-state index in [-0.39, 0.29) is 19.2 Å². The molecule has 1 aliphatic heterocycles. The molecular formula is C61H108O9. The Bertz CT molecular complexity index is 1310. The van der Waals surface area contributed by atoms with Gasteiger partial charge < -0.3 is 39.4 Å². The SMILES string of the molecule is CC/C=C\C/C=C\C/C=C\C/C=C\CCCCCCCCCCCOCC(COC1OC(CO)C(O)C(O)C1O)OC(=O)CCCCCCCCCCCCCCC/C=C\C/C=C\CCCCCCC. The molecule has 1 heterocycles. The van der Waals surface area contributed by atoms with Crippen molar-refractivity contribution in [2.75, 3.05) is 26.4 Å². The summed E-state index contributed by atoms with van der Waals surface area (Å²) < 4.78 is 23.0. The van der Waals surface area contributed by atoms with Gasteiger partial charge in [-0.3, -0.25) is 4.79 Å². The molecule has 70 heavy (non-hydrogen) atoms. The van der Waals surface area contributed by atoms with Gasteiger partial charge in [-0.1, -0.05) is 228 Å². The van der Waals surface area contributed by atoms with Crippen molar-refractivity contribution < 1.29 is 44.2 Å². The van der Waals surface area contributed by atoms with E-state index < -0.39 is 43.4 Å². The molecule has 1 rings (SSSR count). The van der Waals surface area contributed by atoms with Gasteiger partial charge in [0.15, 0.2) is 6.29 Å². The fourth-order valence-electron chi connectivity index (χ4n) is 8.63. The Hall–Kier alpha value is -2.37. The summed E-state index contributed by atoms with van der Waals surface area (Å²) in [5.41, 5.74) is 0. The van der Waals surface area contributed by atoms with Crippen LogP contribution in [0.25, 0.3) is 0 Å². The van der Waals surface area contributed by atoms with E-state index in [0.717, 1.165) is 70.6 Å². The van der Waals surface area contributed by atoms with Crippen LogP contribution >= 0.6 is 0 Å². The van der Waals surface area contributed by atoms with Crippen molar-refractivity contribution in [2.45, 2.75) is 282 Å². The lowest BCUT2D eigenvalue weighted by molar-refractivity contribution is -0.305. The van der Waals surface area contributed by atoms with Crippen LogP contribution in [0.2, 0.25) is 0 Å². The number of carbonyl (C=O) groups is 1. The number of unbranched alkanes of at least 4 members (excludes halogenated alkanes) is 27. The molecule has 0 aromatic heterocycles. The van der Waals surface area contributed by atoms with Gasteiger partial charge in [0.25, 0.3) is 0 Å². The van der Waals surface area contributed by atoms with Gasteiger partial charge in [0.1, 0.15) is 30.5 Å². The molecule has 0 aromatic carbocycles. The Kier molecular flexibility index (Phi) is 48.3. The van der Waals surface area contributed by atoms with Crippen molar-refractivity contribution in [3.05, 3.63) is 72.9 Å². The van der Waals surface area contributed by atoms with Gasteiger partial charge in [0, 0.05) is 13.0 Å². The second kappa shape index (κ2) is 51.5. The minimum absolute atomic E-state index is 0.118. The zero-order valence-electron chi connectivity index (χ0n) is 45.0. The molecule has 0 bridgehead atoms. The molecule has 0 amide bonds. The van der Waals surface area contributed by atoms with Crippen molar-refractivity contribution in [2.24, 2.45) is 0 Å². The third-order valence-corrected chi connectivity index (χ3v) is 13.1. The quantitative estimate of drug-likeness (QED) is 0.0267. The average Bonchev–Trinajstić information content (AvgIpc) is 3.36. The largest absolute Gasteiger partial charge is 0.457 e. The first-order chi connectivity index (χ1) is 34.4. The summed E-state index contributed by atoms with van der Waals surface area (Å²) in [5, 5.41) is 40.4. The van der Waals surface area contributed by atoms with Gasteiger partial charge in [-0.25, -0.2) is 0 Å². The van der Waals surface area contributed by atoms with Gasteiger partial charge in [0.2, 0.25) is 0 Å². The molecule has 0 spiro atoms. The van der Waals surface area contributed by atoms with Crippen molar-refractivity contribution in [3.63, 3.8) is 0 Å². The minimum atomic E-state index is -1.54. The first-order valence-corrected chi connectivity index (χ1v) is 29.0. The summed E-state index contributed by atoms with van der Waals surface area (Å²) in [7, 11) is 0. The summed E-state index contributed by atoms with van der Waals surface area (Å²) in [5.74, 6) is -0.316. The lowest BCUT2D eigenvalue weighted by Crippen LogP contribution is -2.59. The highest BCUT2D eigenvalue weighted by atomic mass is 16.7. The maximum atomic E-state index is 12.9. The Balaban J connectivity index is 2.16. The maximum absolute atomic E-state index is 12.9.